The maximum absolute atomic E-state index is 11.9. The molecule has 0 N–H and O–H groups in total. The molecule has 0 saturated heterocycles. The average Bonchev–Trinajstić information content (AvgIpc) is 2.59. The van der Waals surface area contributed by atoms with Gasteiger partial charge in [0.2, 0.25) is 0 Å². The van der Waals surface area contributed by atoms with Crippen LogP contribution in [0.5, 0.6) is 0 Å². The molecule has 2 heterocycles. The van der Waals surface area contributed by atoms with E-state index < -0.39 is 0 Å². The number of Topliss-reactive ketones (excluding diaryl/α,β-unsaturated/α-hetero) is 1. The first kappa shape index (κ1) is 9.90. The number of carbonyl (C=O) groups is 1. The van der Waals surface area contributed by atoms with Crippen molar-refractivity contribution in [1.82, 2.24) is 9.55 Å². The van der Waals surface area contributed by atoms with Crippen LogP contribution in [-0.4, -0.2) is 15.3 Å². The first-order valence-electron chi connectivity index (χ1n) is 5.04. The van der Waals surface area contributed by atoms with Crippen LogP contribution in [-0.2, 0) is 7.05 Å². The number of rotatable bonds is 2. The molecule has 0 atom stereocenters. The zero-order valence-corrected chi connectivity index (χ0v) is 9.19. The van der Waals surface area contributed by atoms with Gasteiger partial charge in [0.05, 0.1) is 5.69 Å². The fraction of sp³-hybridized carbons (Fsp3) is 0.333. The Morgan fingerprint density at radius 1 is 1.47 bits per heavy atom. The standard InChI is InChI=1S/C12H14N2O/c1-8(2)12(15)10-6-13-11-7-14(3)5-4-9(10)11/h4-8H,1-3H3. The second-order valence-corrected chi connectivity index (χ2v) is 4.10. The Kier molecular flexibility index (Phi) is 2.31. The molecule has 2 aliphatic heterocycles. The fourth-order valence-corrected chi connectivity index (χ4v) is 1.62. The van der Waals surface area contributed by atoms with E-state index >= 15 is 0 Å². The van der Waals surface area contributed by atoms with E-state index in [-0.39, 0.29) is 11.7 Å². The summed E-state index contributed by atoms with van der Waals surface area (Å²) in [5.41, 5.74) is 2.57. The van der Waals surface area contributed by atoms with E-state index in [4.69, 9.17) is 0 Å². The maximum Gasteiger partial charge on any atom is 0.167 e. The van der Waals surface area contributed by atoms with Crippen molar-refractivity contribution in [1.29, 1.82) is 0 Å². The molecule has 2 aliphatic rings. The van der Waals surface area contributed by atoms with Gasteiger partial charge in [-0.15, -0.1) is 0 Å². The van der Waals surface area contributed by atoms with Crippen molar-refractivity contribution in [2.24, 2.45) is 13.0 Å². The number of fused-ring (bicyclic) bond motifs is 1. The van der Waals surface area contributed by atoms with E-state index in [9.17, 15) is 4.79 Å². The summed E-state index contributed by atoms with van der Waals surface area (Å²) in [5.74, 6) is 0.178. The van der Waals surface area contributed by atoms with Crippen molar-refractivity contribution >= 4 is 5.78 Å². The molecule has 0 saturated carbocycles. The van der Waals surface area contributed by atoms with Crippen molar-refractivity contribution in [3.8, 4) is 11.3 Å². The number of aromatic nitrogens is 2. The number of nitrogens with zero attached hydrogens (tertiary/aromatic N) is 2. The maximum atomic E-state index is 11.9. The summed E-state index contributed by atoms with van der Waals surface area (Å²) in [6.45, 7) is 3.81. The molecule has 0 radical (unpaired) electrons. The number of aryl methyl sites for hydroxylation is 1. The topological polar surface area (TPSA) is 34.9 Å². The van der Waals surface area contributed by atoms with Gasteiger partial charge < -0.3 is 4.57 Å². The van der Waals surface area contributed by atoms with Gasteiger partial charge in [0, 0.05) is 42.7 Å². The Bertz CT molecular complexity index is 471. The lowest BCUT2D eigenvalue weighted by Crippen LogP contribution is -2.07. The lowest BCUT2D eigenvalue weighted by atomic mass is 9.99. The minimum Gasteiger partial charge on any atom is -0.355 e. The smallest absolute Gasteiger partial charge is 0.167 e. The summed E-state index contributed by atoms with van der Waals surface area (Å²) in [5, 5.41) is 0. The number of hydrogen-bond donors (Lipinski definition) is 0. The third kappa shape index (κ3) is 1.65. The van der Waals surface area contributed by atoms with Crippen molar-refractivity contribution in [3.63, 3.8) is 0 Å². The van der Waals surface area contributed by atoms with Crippen LogP contribution in [0.2, 0.25) is 0 Å². The third-order valence-electron chi connectivity index (χ3n) is 2.49. The molecule has 0 fully saturated rings. The second kappa shape index (κ2) is 3.50. The summed E-state index contributed by atoms with van der Waals surface area (Å²) in [7, 11) is 1.94. The Hall–Kier alpha value is -1.64. The van der Waals surface area contributed by atoms with Crippen LogP contribution in [0.25, 0.3) is 11.3 Å². The van der Waals surface area contributed by atoms with Crippen molar-refractivity contribution < 1.29 is 4.79 Å². The molecule has 0 aromatic rings. The van der Waals surface area contributed by atoms with Crippen LogP contribution >= 0.6 is 0 Å². The highest BCUT2D eigenvalue weighted by Gasteiger charge is 2.19. The SMILES string of the molecule is CC(C)C(=O)c1cnc2cn(C)ccc1-2. The van der Waals surface area contributed by atoms with Gasteiger partial charge in [-0.05, 0) is 6.07 Å². The summed E-state index contributed by atoms with van der Waals surface area (Å²) >= 11 is 0. The Balaban J connectivity index is 2.52. The third-order valence-corrected chi connectivity index (χ3v) is 2.49. The Morgan fingerprint density at radius 3 is 2.87 bits per heavy atom. The Morgan fingerprint density at radius 2 is 2.20 bits per heavy atom. The van der Waals surface area contributed by atoms with Gasteiger partial charge in [0.15, 0.2) is 5.78 Å². The molecule has 0 amide bonds. The lowest BCUT2D eigenvalue weighted by Gasteiger charge is -2.06. The molecular formula is C12H14N2O. The summed E-state index contributed by atoms with van der Waals surface area (Å²) in [6, 6.07) is 1.94. The van der Waals surface area contributed by atoms with Gasteiger partial charge in [0.1, 0.15) is 0 Å². The molecule has 78 valence electrons. The zero-order valence-electron chi connectivity index (χ0n) is 9.19. The molecule has 0 aromatic carbocycles. The molecule has 3 heteroatoms. The normalized spacial score (nSPS) is 11.2. The van der Waals surface area contributed by atoms with Crippen LogP contribution in [0.3, 0.4) is 0 Å². The summed E-state index contributed by atoms with van der Waals surface area (Å²) in [6.07, 6.45) is 5.53. The van der Waals surface area contributed by atoms with Gasteiger partial charge >= 0.3 is 0 Å². The van der Waals surface area contributed by atoms with Crippen molar-refractivity contribution in [3.05, 3.63) is 30.2 Å². The first-order valence-corrected chi connectivity index (χ1v) is 5.04. The van der Waals surface area contributed by atoms with Gasteiger partial charge in [-0.2, -0.15) is 0 Å². The van der Waals surface area contributed by atoms with E-state index in [1.165, 1.54) is 0 Å². The van der Waals surface area contributed by atoms with E-state index in [2.05, 4.69) is 4.98 Å². The number of hydrogen-bond acceptors (Lipinski definition) is 2. The number of ketones is 1. The minimum absolute atomic E-state index is 0.0198. The minimum atomic E-state index is 0.0198. The molecule has 0 spiro atoms. The molecule has 3 nitrogen and oxygen atoms in total. The molecular weight excluding hydrogens is 188 g/mol. The van der Waals surface area contributed by atoms with Gasteiger partial charge in [0.25, 0.3) is 0 Å². The summed E-state index contributed by atoms with van der Waals surface area (Å²) < 4.78 is 1.93. The fourth-order valence-electron chi connectivity index (χ4n) is 1.62. The van der Waals surface area contributed by atoms with Crippen molar-refractivity contribution in [2.45, 2.75) is 13.8 Å². The van der Waals surface area contributed by atoms with Crippen LogP contribution in [0.15, 0.2) is 24.7 Å². The predicted molar refractivity (Wildman–Crippen MR) is 59.0 cm³/mol. The Labute approximate surface area is 89.1 Å². The highest BCUT2D eigenvalue weighted by atomic mass is 16.1. The molecule has 0 unspecified atom stereocenters. The number of pyridine rings is 1. The second-order valence-electron chi connectivity index (χ2n) is 4.10. The molecule has 2 rings (SSSR count). The largest absolute Gasteiger partial charge is 0.355 e. The number of carbonyl (C=O) groups excluding carboxylic acids is 1. The van der Waals surface area contributed by atoms with Crippen molar-refractivity contribution in [2.75, 3.05) is 0 Å². The first-order chi connectivity index (χ1) is 7.09. The van der Waals surface area contributed by atoms with E-state index in [0.717, 1.165) is 16.8 Å². The van der Waals surface area contributed by atoms with Crippen LogP contribution in [0.4, 0.5) is 0 Å². The highest BCUT2D eigenvalue weighted by molar-refractivity contribution is 6.03. The van der Waals surface area contributed by atoms with Gasteiger partial charge in [-0.25, -0.2) is 0 Å². The average molecular weight is 202 g/mol. The van der Waals surface area contributed by atoms with Gasteiger partial charge in [-0.1, -0.05) is 13.8 Å². The molecule has 15 heavy (non-hydrogen) atoms. The van der Waals surface area contributed by atoms with E-state index in [1.54, 1.807) is 6.20 Å². The highest BCUT2D eigenvalue weighted by Crippen LogP contribution is 2.26. The lowest BCUT2D eigenvalue weighted by molar-refractivity contribution is 0.0940. The van der Waals surface area contributed by atoms with E-state index in [1.807, 2.05) is 43.9 Å². The van der Waals surface area contributed by atoms with E-state index in [0.29, 0.717) is 0 Å². The molecule has 0 bridgehead atoms. The van der Waals surface area contributed by atoms with Crippen LogP contribution in [0, 0.1) is 5.92 Å². The predicted octanol–water partition coefficient (Wildman–Crippen LogP) is 2.36. The quantitative estimate of drug-likeness (QED) is 0.701. The van der Waals surface area contributed by atoms with Crippen LogP contribution < -0.4 is 0 Å². The molecule has 0 aliphatic carbocycles. The van der Waals surface area contributed by atoms with Crippen LogP contribution in [0.1, 0.15) is 24.2 Å². The molecule has 0 aromatic heterocycles. The van der Waals surface area contributed by atoms with Gasteiger partial charge in [-0.3, -0.25) is 9.78 Å². The monoisotopic (exact) mass is 202 g/mol. The summed E-state index contributed by atoms with van der Waals surface area (Å²) in [4.78, 5) is 16.1. The zero-order chi connectivity index (χ0) is 11.0.